The fourth-order valence-electron chi connectivity index (χ4n) is 5.31. The minimum atomic E-state index is -0.500. The molecule has 33 heavy (non-hydrogen) atoms. The van der Waals surface area contributed by atoms with Crippen molar-refractivity contribution in [1.29, 1.82) is 0 Å². The second-order valence-electron chi connectivity index (χ2n) is 10.9. The van der Waals surface area contributed by atoms with Gasteiger partial charge in [-0.25, -0.2) is 4.98 Å². The maximum absolute atomic E-state index is 12.7. The minimum Gasteiger partial charge on any atom is -0.466 e. The molecular formula is C27H37NO5. The largest absolute Gasteiger partial charge is 0.466 e. The fourth-order valence-corrected chi connectivity index (χ4v) is 5.31. The van der Waals surface area contributed by atoms with Crippen LogP contribution in [0.5, 0.6) is 0 Å². The summed E-state index contributed by atoms with van der Waals surface area (Å²) < 4.78 is 17.7. The average molecular weight is 456 g/mol. The molecule has 0 amide bonds. The van der Waals surface area contributed by atoms with Crippen LogP contribution in [-0.2, 0) is 24.7 Å². The number of Topliss-reactive ketones (excluding diaryl/α,β-unsaturated/α-hetero) is 1. The summed E-state index contributed by atoms with van der Waals surface area (Å²) in [6.45, 7) is 10.4. The molecule has 3 heterocycles. The summed E-state index contributed by atoms with van der Waals surface area (Å²) >= 11 is 0. The maximum Gasteiger partial charge on any atom is 0.305 e. The van der Waals surface area contributed by atoms with E-state index in [0.717, 1.165) is 42.3 Å². The molecule has 180 valence electrons. The molecule has 3 atom stereocenters. The Labute approximate surface area is 196 Å². The zero-order valence-electron chi connectivity index (χ0n) is 20.7. The number of carbonyl (C=O) groups excluding carboxylic acids is 2. The first kappa shape index (κ1) is 23.9. The molecule has 6 nitrogen and oxygen atoms in total. The zero-order valence-corrected chi connectivity index (χ0v) is 20.7. The van der Waals surface area contributed by atoms with Crippen LogP contribution < -0.4 is 0 Å². The molecule has 0 bridgehead atoms. The molecule has 6 heteroatoms. The molecule has 0 spiro atoms. The zero-order chi connectivity index (χ0) is 23.9. The van der Waals surface area contributed by atoms with Gasteiger partial charge in [0.25, 0.3) is 0 Å². The molecule has 1 aromatic carbocycles. The van der Waals surface area contributed by atoms with Gasteiger partial charge in [0, 0.05) is 31.6 Å². The van der Waals surface area contributed by atoms with Crippen LogP contribution in [-0.4, -0.2) is 28.9 Å². The van der Waals surface area contributed by atoms with Crippen molar-refractivity contribution in [2.45, 2.75) is 97.2 Å². The van der Waals surface area contributed by atoms with Gasteiger partial charge in [0.15, 0.2) is 11.5 Å². The molecule has 0 radical (unpaired) electrons. The third-order valence-electron chi connectivity index (χ3n) is 7.81. The number of ether oxygens (including phenoxy) is 2. The van der Waals surface area contributed by atoms with Crippen LogP contribution in [0.15, 0.2) is 22.6 Å². The Hall–Kier alpha value is -2.21. The van der Waals surface area contributed by atoms with Crippen molar-refractivity contribution in [3.63, 3.8) is 0 Å². The summed E-state index contributed by atoms with van der Waals surface area (Å²) in [6, 6.07) is 6.05. The molecular weight excluding hydrogens is 418 g/mol. The van der Waals surface area contributed by atoms with Crippen molar-refractivity contribution in [2.75, 3.05) is 6.61 Å². The highest BCUT2D eigenvalue weighted by atomic mass is 16.6. The third-order valence-corrected chi connectivity index (χ3v) is 7.81. The van der Waals surface area contributed by atoms with Gasteiger partial charge >= 0.3 is 5.97 Å². The summed E-state index contributed by atoms with van der Waals surface area (Å²) in [5.41, 5.74) is 1.33. The second kappa shape index (κ2) is 8.86. The number of hydrogen-bond acceptors (Lipinski definition) is 6. The summed E-state index contributed by atoms with van der Waals surface area (Å²) in [5, 5.41) is 0. The number of nitrogens with zero attached hydrogens (tertiary/aromatic N) is 1. The predicted octanol–water partition coefficient (Wildman–Crippen LogP) is 6.03. The van der Waals surface area contributed by atoms with Gasteiger partial charge in [-0.3, -0.25) is 9.59 Å². The van der Waals surface area contributed by atoms with Crippen LogP contribution in [0.25, 0.3) is 11.1 Å². The number of aryl methyl sites for hydroxylation is 1. The number of hydrogen-bond donors (Lipinski definition) is 0. The Morgan fingerprint density at radius 3 is 2.61 bits per heavy atom. The molecule has 2 saturated heterocycles. The lowest BCUT2D eigenvalue weighted by Crippen LogP contribution is -2.27. The highest BCUT2D eigenvalue weighted by molar-refractivity contribution is 5.84. The number of carbonyl (C=O) groups is 2. The monoisotopic (exact) mass is 455 g/mol. The lowest BCUT2D eigenvalue weighted by atomic mass is 9.79. The van der Waals surface area contributed by atoms with Crippen LogP contribution >= 0.6 is 0 Å². The molecule has 0 aliphatic carbocycles. The van der Waals surface area contributed by atoms with Gasteiger partial charge in [-0.1, -0.05) is 39.7 Å². The van der Waals surface area contributed by atoms with Crippen molar-refractivity contribution >= 4 is 22.9 Å². The summed E-state index contributed by atoms with van der Waals surface area (Å²) in [4.78, 5) is 29.6. The SMILES string of the molecule is Cc1nc2cc(C34CCOC(=O)CCC(C)(C)C(=O)CCC(C)CCCC3(C)O4)ccc2o1. The number of esters is 1. The Morgan fingerprint density at radius 2 is 1.82 bits per heavy atom. The Morgan fingerprint density at radius 1 is 1.03 bits per heavy atom. The van der Waals surface area contributed by atoms with E-state index in [-0.39, 0.29) is 30.4 Å². The van der Waals surface area contributed by atoms with Crippen LogP contribution in [0.1, 0.15) is 90.5 Å². The first-order valence-corrected chi connectivity index (χ1v) is 12.3. The minimum absolute atomic E-state index is 0.240. The third kappa shape index (κ3) is 4.86. The smallest absolute Gasteiger partial charge is 0.305 e. The lowest BCUT2D eigenvalue weighted by Gasteiger charge is -2.24. The Balaban J connectivity index is 1.55. The second-order valence-corrected chi connectivity index (χ2v) is 10.9. The van der Waals surface area contributed by atoms with E-state index in [1.165, 1.54) is 0 Å². The number of oxazole rings is 1. The number of aromatic nitrogens is 1. The van der Waals surface area contributed by atoms with Gasteiger partial charge in [0.05, 0.1) is 12.2 Å². The van der Waals surface area contributed by atoms with E-state index in [2.05, 4.69) is 24.9 Å². The molecule has 0 saturated carbocycles. The summed E-state index contributed by atoms with van der Waals surface area (Å²) in [5.74, 6) is 1.11. The van der Waals surface area contributed by atoms with Gasteiger partial charge in [-0.2, -0.15) is 0 Å². The van der Waals surface area contributed by atoms with Gasteiger partial charge in [0.1, 0.15) is 16.9 Å². The first-order chi connectivity index (χ1) is 15.5. The van der Waals surface area contributed by atoms with Gasteiger partial charge in [0.2, 0.25) is 0 Å². The van der Waals surface area contributed by atoms with E-state index in [1.54, 1.807) is 0 Å². The molecule has 3 unspecified atom stereocenters. The quantitative estimate of drug-likeness (QED) is 0.386. The molecule has 2 aliphatic heterocycles. The molecule has 2 aromatic rings. The number of rotatable bonds is 1. The van der Waals surface area contributed by atoms with Crippen molar-refractivity contribution in [1.82, 2.24) is 4.98 Å². The summed E-state index contributed by atoms with van der Waals surface area (Å²) in [6.07, 6.45) is 5.83. The fraction of sp³-hybridized carbons (Fsp3) is 0.667. The van der Waals surface area contributed by atoms with Crippen LogP contribution in [0.3, 0.4) is 0 Å². The van der Waals surface area contributed by atoms with E-state index in [0.29, 0.717) is 31.1 Å². The molecule has 4 rings (SSSR count). The van der Waals surface area contributed by atoms with Crippen molar-refractivity contribution in [3.05, 3.63) is 29.7 Å². The number of ketones is 1. The van der Waals surface area contributed by atoms with Crippen LogP contribution in [0.2, 0.25) is 0 Å². The lowest BCUT2D eigenvalue weighted by molar-refractivity contribution is -0.145. The topological polar surface area (TPSA) is 81.9 Å². The van der Waals surface area contributed by atoms with Gasteiger partial charge in [-0.05, 0) is 49.8 Å². The summed E-state index contributed by atoms with van der Waals surface area (Å²) in [7, 11) is 0. The average Bonchev–Trinajstić information content (AvgIpc) is 3.16. The first-order valence-electron chi connectivity index (χ1n) is 12.3. The standard InChI is InChI=1S/C27H37NO5/c1-18-7-6-13-26(5)27(33-26,20-9-10-22-21(17-20)28-19(2)32-22)15-16-31-24(30)12-14-25(3,4)23(29)11-8-18/h9-10,17-18H,6-8,11-16H2,1-5H3. The van der Waals surface area contributed by atoms with Gasteiger partial charge < -0.3 is 13.9 Å². The van der Waals surface area contributed by atoms with Crippen LogP contribution in [0.4, 0.5) is 0 Å². The van der Waals surface area contributed by atoms with E-state index >= 15 is 0 Å². The van der Waals surface area contributed by atoms with E-state index in [9.17, 15) is 9.59 Å². The maximum atomic E-state index is 12.7. The molecule has 2 aliphatic rings. The molecule has 2 fully saturated rings. The van der Waals surface area contributed by atoms with Crippen LogP contribution in [0, 0.1) is 18.3 Å². The number of fused-ring (bicyclic) bond motifs is 2. The Kier molecular flexibility index (Phi) is 6.43. The van der Waals surface area contributed by atoms with E-state index in [4.69, 9.17) is 13.9 Å². The predicted molar refractivity (Wildman–Crippen MR) is 126 cm³/mol. The van der Waals surface area contributed by atoms with Crippen molar-refractivity contribution < 1.29 is 23.5 Å². The highest BCUT2D eigenvalue weighted by Crippen LogP contribution is 2.60. The van der Waals surface area contributed by atoms with E-state index < -0.39 is 11.0 Å². The highest BCUT2D eigenvalue weighted by Gasteiger charge is 2.66. The normalized spacial score (nSPS) is 31.7. The van der Waals surface area contributed by atoms with Gasteiger partial charge in [-0.15, -0.1) is 0 Å². The molecule has 1 aromatic heterocycles. The van der Waals surface area contributed by atoms with Crippen molar-refractivity contribution in [2.24, 2.45) is 11.3 Å². The number of benzene rings is 1. The number of epoxide rings is 1. The molecule has 0 N–H and O–H groups in total. The van der Waals surface area contributed by atoms with Crippen molar-refractivity contribution in [3.8, 4) is 0 Å². The Bertz CT molecular complexity index is 1040. The number of cyclic esters (lactones) is 1. The van der Waals surface area contributed by atoms with E-state index in [1.807, 2.05) is 32.9 Å².